The van der Waals surface area contributed by atoms with Crippen molar-refractivity contribution in [1.82, 2.24) is 4.98 Å². The molecule has 0 radical (unpaired) electrons. The Morgan fingerprint density at radius 1 is 0.885 bits per heavy atom. The van der Waals surface area contributed by atoms with Crippen molar-refractivity contribution in [2.24, 2.45) is 0 Å². The van der Waals surface area contributed by atoms with E-state index in [1.54, 1.807) is 7.11 Å². The van der Waals surface area contributed by atoms with Crippen LogP contribution in [0.3, 0.4) is 0 Å². The van der Waals surface area contributed by atoms with E-state index in [2.05, 4.69) is 69.0 Å². The van der Waals surface area contributed by atoms with Gasteiger partial charge in [0.1, 0.15) is 5.75 Å². The standard InChI is InChI=1S/C22H26N2O.BrH/c1-15(2)24(16(3)4)22-14-21(17-10-12-18(25-5)13-11-17)23-20-9-7-6-8-19(20)22;/h6-16H,1-5H3;1H. The van der Waals surface area contributed by atoms with Gasteiger partial charge < -0.3 is 9.64 Å². The Hall–Kier alpha value is -2.07. The Labute approximate surface area is 166 Å². The van der Waals surface area contributed by atoms with E-state index < -0.39 is 0 Å². The zero-order chi connectivity index (χ0) is 18.0. The molecular weight excluding hydrogens is 388 g/mol. The molecule has 3 rings (SSSR count). The van der Waals surface area contributed by atoms with E-state index in [-0.39, 0.29) is 17.0 Å². The summed E-state index contributed by atoms with van der Waals surface area (Å²) in [6, 6.07) is 19.5. The number of fused-ring (bicyclic) bond motifs is 1. The van der Waals surface area contributed by atoms with Crippen molar-refractivity contribution in [2.45, 2.75) is 39.8 Å². The fraction of sp³-hybridized carbons (Fsp3) is 0.318. The third-order valence-corrected chi connectivity index (χ3v) is 4.47. The minimum atomic E-state index is 0. The number of pyridine rings is 1. The highest BCUT2D eigenvalue weighted by Crippen LogP contribution is 2.33. The Kier molecular flexibility index (Phi) is 6.65. The van der Waals surface area contributed by atoms with Crippen molar-refractivity contribution >= 4 is 33.6 Å². The number of halogens is 1. The third kappa shape index (κ3) is 4.01. The Balaban J connectivity index is 0.00000243. The number of hydrogen-bond donors (Lipinski definition) is 0. The SMILES string of the molecule is Br.COc1ccc(-c2cc(N(C(C)C)C(C)C)c3ccccc3n2)cc1. The van der Waals surface area contributed by atoms with Crippen LogP contribution in [0.25, 0.3) is 22.2 Å². The summed E-state index contributed by atoms with van der Waals surface area (Å²) in [5.41, 5.74) is 4.35. The van der Waals surface area contributed by atoms with Gasteiger partial charge in [-0.25, -0.2) is 4.98 Å². The molecule has 0 amide bonds. The predicted molar refractivity (Wildman–Crippen MR) is 117 cm³/mol. The molecule has 2 aromatic carbocycles. The number of para-hydroxylation sites is 1. The van der Waals surface area contributed by atoms with Crippen LogP contribution in [0.2, 0.25) is 0 Å². The van der Waals surface area contributed by atoms with Crippen molar-refractivity contribution in [1.29, 1.82) is 0 Å². The molecular formula is C22H27BrN2O. The van der Waals surface area contributed by atoms with Gasteiger partial charge in [-0.2, -0.15) is 0 Å². The second-order valence-corrected chi connectivity index (χ2v) is 6.87. The van der Waals surface area contributed by atoms with Crippen LogP contribution in [0.15, 0.2) is 54.6 Å². The molecule has 0 saturated carbocycles. The summed E-state index contributed by atoms with van der Waals surface area (Å²) >= 11 is 0. The van der Waals surface area contributed by atoms with Gasteiger partial charge in [-0.05, 0) is 64.1 Å². The van der Waals surface area contributed by atoms with Crippen LogP contribution in [0, 0.1) is 0 Å². The minimum Gasteiger partial charge on any atom is -0.497 e. The lowest BCUT2D eigenvalue weighted by molar-refractivity contribution is 0.415. The Morgan fingerprint density at radius 3 is 2.08 bits per heavy atom. The average Bonchev–Trinajstić information content (AvgIpc) is 2.61. The lowest BCUT2D eigenvalue weighted by Crippen LogP contribution is -2.37. The van der Waals surface area contributed by atoms with Crippen molar-refractivity contribution < 1.29 is 4.74 Å². The van der Waals surface area contributed by atoms with Gasteiger partial charge in [0, 0.05) is 28.7 Å². The zero-order valence-corrected chi connectivity index (χ0v) is 17.8. The number of hydrogen-bond acceptors (Lipinski definition) is 3. The maximum absolute atomic E-state index is 5.27. The first kappa shape index (κ1) is 20.2. The van der Waals surface area contributed by atoms with Gasteiger partial charge in [0.15, 0.2) is 0 Å². The van der Waals surface area contributed by atoms with Crippen LogP contribution in [-0.2, 0) is 0 Å². The summed E-state index contributed by atoms with van der Waals surface area (Å²) in [6.07, 6.45) is 0. The van der Waals surface area contributed by atoms with Crippen molar-refractivity contribution in [3.63, 3.8) is 0 Å². The highest BCUT2D eigenvalue weighted by atomic mass is 79.9. The van der Waals surface area contributed by atoms with Crippen LogP contribution < -0.4 is 9.64 Å². The molecule has 1 aromatic heterocycles. The molecule has 138 valence electrons. The smallest absolute Gasteiger partial charge is 0.118 e. The number of aromatic nitrogens is 1. The topological polar surface area (TPSA) is 25.4 Å². The first-order valence-electron chi connectivity index (χ1n) is 8.84. The summed E-state index contributed by atoms with van der Waals surface area (Å²) in [4.78, 5) is 7.35. The number of rotatable bonds is 5. The van der Waals surface area contributed by atoms with Gasteiger partial charge in [-0.1, -0.05) is 18.2 Å². The highest BCUT2D eigenvalue weighted by Gasteiger charge is 2.18. The van der Waals surface area contributed by atoms with Crippen LogP contribution in [-0.4, -0.2) is 24.2 Å². The summed E-state index contributed by atoms with van der Waals surface area (Å²) in [6.45, 7) is 8.95. The normalized spacial score (nSPS) is 10.9. The molecule has 0 N–H and O–H groups in total. The monoisotopic (exact) mass is 414 g/mol. The summed E-state index contributed by atoms with van der Waals surface area (Å²) in [5, 5.41) is 1.20. The largest absolute Gasteiger partial charge is 0.497 e. The number of methoxy groups -OCH3 is 1. The molecule has 0 unspecified atom stereocenters. The molecule has 0 aliphatic heterocycles. The molecule has 26 heavy (non-hydrogen) atoms. The van der Waals surface area contributed by atoms with Gasteiger partial charge in [-0.15, -0.1) is 17.0 Å². The van der Waals surface area contributed by atoms with Gasteiger partial charge in [0.05, 0.1) is 18.3 Å². The predicted octanol–water partition coefficient (Wildman–Crippen LogP) is 6.11. The molecule has 0 aliphatic rings. The van der Waals surface area contributed by atoms with Gasteiger partial charge in [-0.3, -0.25) is 0 Å². The van der Waals surface area contributed by atoms with E-state index in [1.165, 1.54) is 11.1 Å². The number of benzene rings is 2. The molecule has 1 heterocycles. The highest BCUT2D eigenvalue weighted by molar-refractivity contribution is 8.93. The molecule has 0 spiro atoms. The van der Waals surface area contributed by atoms with Gasteiger partial charge >= 0.3 is 0 Å². The average molecular weight is 415 g/mol. The van der Waals surface area contributed by atoms with E-state index in [1.807, 2.05) is 18.2 Å². The molecule has 0 saturated heterocycles. The van der Waals surface area contributed by atoms with Crippen molar-refractivity contribution in [3.8, 4) is 17.0 Å². The van der Waals surface area contributed by atoms with Crippen LogP contribution in [0.1, 0.15) is 27.7 Å². The molecule has 0 fully saturated rings. The zero-order valence-electron chi connectivity index (χ0n) is 16.1. The molecule has 0 aliphatic carbocycles. The first-order chi connectivity index (χ1) is 12.0. The summed E-state index contributed by atoms with van der Waals surface area (Å²) in [5.74, 6) is 0.857. The van der Waals surface area contributed by atoms with E-state index >= 15 is 0 Å². The quantitative estimate of drug-likeness (QED) is 0.503. The lowest BCUT2D eigenvalue weighted by atomic mass is 10.0. The maximum atomic E-state index is 5.27. The summed E-state index contributed by atoms with van der Waals surface area (Å²) in [7, 11) is 1.69. The molecule has 0 bridgehead atoms. The molecule has 4 heteroatoms. The molecule has 3 aromatic rings. The maximum Gasteiger partial charge on any atom is 0.118 e. The number of ether oxygens (including phenoxy) is 1. The van der Waals surface area contributed by atoms with Gasteiger partial charge in [0.25, 0.3) is 0 Å². The number of anilines is 1. The first-order valence-corrected chi connectivity index (χ1v) is 8.84. The Bertz CT molecular complexity index is 852. The van der Waals surface area contributed by atoms with E-state index in [0.717, 1.165) is 22.5 Å². The molecule has 0 atom stereocenters. The fourth-order valence-corrected chi connectivity index (χ4v) is 3.43. The van der Waals surface area contributed by atoms with Crippen LogP contribution >= 0.6 is 17.0 Å². The minimum absolute atomic E-state index is 0. The van der Waals surface area contributed by atoms with E-state index in [4.69, 9.17) is 9.72 Å². The second kappa shape index (κ2) is 8.54. The van der Waals surface area contributed by atoms with E-state index in [0.29, 0.717) is 12.1 Å². The molecule has 3 nitrogen and oxygen atoms in total. The number of nitrogens with zero attached hydrogens (tertiary/aromatic N) is 2. The third-order valence-electron chi connectivity index (χ3n) is 4.47. The van der Waals surface area contributed by atoms with Crippen LogP contribution in [0.5, 0.6) is 5.75 Å². The summed E-state index contributed by atoms with van der Waals surface area (Å²) < 4.78 is 5.27. The Morgan fingerprint density at radius 2 is 1.50 bits per heavy atom. The van der Waals surface area contributed by atoms with Crippen LogP contribution in [0.4, 0.5) is 5.69 Å². The van der Waals surface area contributed by atoms with Gasteiger partial charge in [0.2, 0.25) is 0 Å². The van der Waals surface area contributed by atoms with Crippen molar-refractivity contribution in [3.05, 3.63) is 54.6 Å². The fourth-order valence-electron chi connectivity index (χ4n) is 3.43. The van der Waals surface area contributed by atoms with Crippen molar-refractivity contribution in [2.75, 3.05) is 12.0 Å². The second-order valence-electron chi connectivity index (χ2n) is 6.87. The lowest BCUT2D eigenvalue weighted by Gasteiger charge is -2.34. The van der Waals surface area contributed by atoms with E-state index in [9.17, 15) is 0 Å².